The normalized spacial score (nSPS) is 11.2. The summed E-state index contributed by atoms with van der Waals surface area (Å²) in [6.45, 7) is 4.20. The number of anilines is 1. The minimum atomic E-state index is 0.476. The highest BCUT2D eigenvalue weighted by atomic mass is 32.1. The van der Waals surface area contributed by atoms with Crippen LogP contribution in [0.5, 0.6) is 17.2 Å². The van der Waals surface area contributed by atoms with Crippen LogP contribution in [0.1, 0.15) is 10.4 Å². The predicted molar refractivity (Wildman–Crippen MR) is 122 cm³/mol. The van der Waals surface area contributed by atoms with Crippen molar-refractivity contribution in [3.05, 3.63) is 22.6 Å². The Morgan fingerprint density at radius 2 is 1.73 bits per heavy atom. The molecule has 1 aromatic carbocycles. The number of aromatic nitrogens is 2. The standard InChI is InChI=1S/C21H29N5O3S/c1-12-16(11-22)30-21-17(12)20(23-7-8-26(2)3)24-19(25-21)13-9-14(27-4)18(29-6)15(10-13)28-5/h9-10H,7-8,11,22H2,1-6H3,(H,23,24,25). The number of ether oxygens (including phenoxy) is 3. The maximum Gasteiger partial charge on any atom is 0.203 e. The van der Waals surface area contributed by atoms with Gasteiger partial charge in [-0.3, -0.25) is 0 Å². The van der Waals surface area contributed by atoms with Gasteiger partial charge in [0.15, 0.2) is 17.3 Å². The van der Waals surface area contributed by atoms with Crippen LogP contribution >= 0.6 is 11.3 Å². The highest BCUT2D eigenvalue weighted by molar-refractivity contribution is 7.19. The number of hydrogen-bond donors (Lipinski definition) is 2. The maximum absolute atomic E-state index is 5.95. The number of fused-ring (bicyclic) bond motifs is 1. The van der Waals surface area contributed by atoms with Crippen molar-refractivity contribution >= 4 is 27.4 Å². The fourth-order valence-electron chi connectivity index (χ4n) is 3.24. The lowest BCUT2D eigenvalue weighted by Gasteiger charge is -2.15. The number of benzene rings is 1. The molecule has 9 heteroatoms. The molecule has 3 N–H and O–H groups in total. The van der Waals surface area contributed by atoms with Crippen LogP contribution in [0.3, 0.4) is 0 Å². The van der Waals surface area contributed by atoms with Gasteiger partial charge in [0.25, 0.3) is 0 Å². The van der Waals surface area contributed by atoms with E-state index in [0.717, 1.165) is 45.1 Å². The number of nitrogens with zero attached hydrogens (tertiary/aromatic N) is 3. The van der Waals surface area contributed by atoms with Crippen LogP contribution in [-0.4, -0.2) is 63.4 Å². The Kier molecular flexibility index (Phi) is 6.96. The highest BCUT2D eigenvalue weighted by Gasteiger charge is 2.19. The van der Waals surface area contributed by atoms with Gasteiger partial charge in [-0.15, -0.1) is 11.3 Å². The predicted octanol–water partition coefficient (Wildman–Crippen LogP) is 3.12. The molecule has 2 aromatic heterocycles. The minimum Gasteiger partial charge on any atom is -0.493 e. The summed E-state index contributed by atoms with van der Waals surface area (Å²) >= 11 is 1.60. The lowest BCUT2D eigenvalue weighted by molar-refractivity contribution is 0.324. The van der Waals surface area contributed by atoms with Gasteiger partial charge in [-0.25, -0.2) is 9.97 Å². The van der Waals surface area contributed by atoms with E-state index in [4.69, 9.17) is 29.9 Å². The van der Waals surface area contributed by atoms with E-state index in [0.29, 0.717) is 29.6 Å². The smallest absolute Gasteiger partial charge is 0.203 e. The van der Waals surface area contributed by atoms with Crippen molar-refractivity contribution in [3.63, 3.8) is 0 Å². The third kappa shape index (κ3) is 4.28. The minimum absolute atomic E-state index is 0.476. The Morgan fingerprint density at radius 1 is 1.07 bits per heavy atom. The number of nitrogens with two attached hydrogens (primary N) is 1. The largest absolute Gasteiger partial charge is 0.493 e. The van der Waals surface area contributed by atoms with Crippen molar-refractivity contribution in [2.24, 2.45) is 5.73 Å². The number of likely N-dealkylation sites (N-methyl/N-ethyl adjacent to an activating group) is 1. The molecule has 0 radical (unpaired) electrons. The Hall–Kier alpha value is -2.62. The summed E-state index contributed by atoms with van der Waals surface area (Å²) in [5.41, 5.74) is 7.86. The van der Waals surface area contributed by atoms with Gasteiger partial charge < -0.3 is 30.2 Å². The summed E-state index contributed by atoms with van der Waals surface area (Å²) in [6, 6.07) is 3.72. The first-order valence-electron chi connectivity index (χ1n) is 9.62. The summed E-state index contributed by atoms with van der Waals surface area (Å²) < 4.78 is 16.4. The van der Waals surface area contributed by atoms with Gasteiger partial charge >= 0.3 is 0 Å². The molecule has 0 aliphatic carbocycles. The van der Waals surface area contributed by atoms with Gasteiger partial charge in [0.2, 0.25) is 5.75 Å². The van der Waals surface area contributed by atoms with E-state index in [1.165, 1.54) is 0 Å². The monoisotopic (exact) mass is 431 g/mol. The number of aryl methyl sites for hydroxylation is 1. The molecule has 0 bridgehead atoms. The van der Waals surface area contributed by atoms with Crippen molar-refractivity contribution in [1.82, 2.24) is 14.9 Å². The molecule has 30 heavy (non-hydrogen) atoms. The van der Waals surface area contributed by atoms with E-state index in [1.807, 2.05) is 26.2 Å². The zero-order valence-electron chi connectivity index (χ0n) is 18.3. The SMILES string of the molecule is COc1cc(-c2nc(NCCN(C)C)c3c(C)c(CN)sc3n2)cc(OC)c1OC. The van der Waals surface area contributed by atoms with Crippen LogP contribution in [0, 0.1) is 6.92 Å². The average Bonchev–Trinajstić information content (AvgIpc) is 3.07. The van der Waals surface area contributed by atoms with E-state index >= 15 is 0 Å². The van der Waals surface area contributed by atoms with Crippen LogP contribution in [0.2, 0.25) is 0 Å². The van der Waals surface area contributed by atoms with Crippen LogP contribution in [-0.2, 0) is 6.54 Å². The molecule has 0 spiro atoms. The summed E-state index contributed by atoms with van der Waals surface area (Å²) in [5, 5.41) is 4.50. The van der Waals surface area contributed by atoms with E-state index < -0.39 is 0 Å². The first-order valence-corrected chi connectivity index (χ1v) is 10.4. The first kappa shape index (κ1) is 22.1. The summed E-state index contributed by atoms with van der Waals surface area (Å²) in [6.07, 6.45) is 0. The Morgan fingerprint density at radius 3 is 2.27 bits per heavy atom. The lowest BCUT2D eigenvalue weighted by Crippen LogP contribution is -2.21. The average molecular weight is 432 g/mol. The zero-order valence-corrected chi connectivity index (χ0v) is 19.1. The summed E-state index contributed by atoms with van der Waals surface area (Å²) in [5.74, 6) is 3.04. The molecule has 0 unspecified atom stereocenters. The first-order chi connectivity index (χ1) is 14.4. The van der Waals surface area contributed by atoms with E-state index in [2.05, 4.69) is 17.1 Å². The topological polar surface area (TPSA) is 94.8 Å². The van der Waals surface area contributed by atoms with Crippen LogP contribution in [0.25, 0.3) is 21.6 Å². The number of hydrogen-bond acceptors (Lipinski definition) is 9. The Labute approximate surface area is 181 Å². The quantitative estimate of drug-likeness (QED) is 0.534. The highest BCUT2D eigenvalue weighted by Crippen LogP contribution is 2.42. The Balaban J connectivity index is 2.16. The molecule has 0 saturated heterocycles. The van der Waals surface area contributed by atoms with Crippen molar-refractivity contribution < 1.29 is 14.2 Å². The zero-order chi connectivity index (χ0) is 21.8. The third-order valence-electron chi connectivity index (χ3n) is 4.85. The van der Waals surface area contributed by atoms with Gasteiger partial charge in [0, 0.05) is 30.1 Å². The number of thiophene rings is 1. The summed E-state index contributed by atoms with van der Waals surface area (Å²) in [4.78, 5) is 13.8. The molecule has 0 amide bonds. The second-order valence-electron chi connectivity index (χ2n) is 7.07. The van der Waals surface area contributed by atoms with E-state index in [9.17, 15) is 0 Å². The van der Waals surface area contributed by atoms with Crippen LogP contribution in [0.4, 0.5) is 5.82 Å². The number of methoxy groups -OCH3 is 3. The molecule has 8 nitrogen and oxygen atoms in total. The fraction of sp³-hybridized carbons (Fsp3) is 0.429. The molecular formula is C21H29N5O3S. The molecule has 162 valence electrons. The molecule has 3 aromatic rings. The molecule has 0 saturated carbocycles. The van der Waals surface area contributed by atoms with E-state index in [-0.39, 0.29) is 0 Å². The molecule has 0 atom stereocenters. The molecule has 2 heterocycles. The lowest BCUT2D eigenvalue weighted by atomic mass is 10.1. The van der Waals surface area contributed by atoms with Gasteiger partial charge in [0.1, 0.15) is 10.6 Å². The number of rotatable bonds is 9. The van der Waals surface area contributed by atoms with Gasteiger partial charge in [-0.2, -0.15) is 0 Å². The van der Waals surface area contributed by atoms with Gasteiger partial charge in [-0.1, -0.05) is 0 Å². The van der Waals surface area contributed by atoms with Crippen molar-refractivity contribution in [2.75, 3.05) is 53.8 Å². The third-order valence-corrected chi connectivity index (χ3v) is 6.06. The molecule has 0 aliphatic heterocycles. The van der Waals surface area contributed by atoms with Crippen LogP contribution < -0.4 is 25.3 Å². The van der Waals surface area contributed by atoms with Gasteiger partial charge in [0.05, 0.1) is 26.7 Å². The maximum atomic E-state index is 5.95. The molecule has 3 rings (SSSR count). The second kappa shape index (κ2) is 9.46. The Bertz CT molecular complexity index is 1010. The van der Waals surface area contributed by atoms with Crippen LogP contribution in [0.15, 0.2) is 12.1 Å². The number of nitrogens with one attached hydrogen (secondary N) is 1. The van der Waals surface area contributed by atoms with Crippen molar-refractivity contribution in [3.8, 4) is 28.6 Å². The van der Waals surface area contributed by atoms with Crippen molar-refractivity contribution in [2.45, 2.75) is 13.5 Å². The van der Waals surface area contributed by atoms with E-state index in [1.54, 1.807) is 32.7 Å². The van der Waals surface area contributed by atoms with Gasteiger partial charge in [-0.05, 0) is 38.7 Å². The molecule has 0 fully saturated rings. The summed E-state index contributed by atoms with van der Waals surface area (Å²) in [7, 11) is 8.85. The molecule has 0 aliphatic rings. The van der Waals surface area contributed by atoms with Crippen molar-refractivity contribution in [1.29, 1.82) is 0 Å². The second-order valence-corrected chi connectivity index (χ2v) is 8.16. The fourth-order valence-corrected chi connectivity index (χ4v) is 4.30. The molecular weight excluding hydrogens is 402 g/mol.